The Morgan fingerprint density at radius 2 is 1.97 bits per heavy atom. The van der Waals surface area contributed by atoms with Crippen LogP contribution in [0.5, 0.6) is 0 Å². The minimum Gasteiger partial charge on any atom is -0.373 e. The van der Waals surface area contributed by atoms with Gasteiger partial charge < -0.3 is 15.0 Å². The molecule has 166 valence electrons. The molecule has 6 heteroatoms. The number of benzene rings is 2. The summed E-state index contributed by atoms with van der Waals surface area (Å²) in [7, 11) is 0. The second-order valence-electron chi connectivity index (χ2n) is 8.50. The summed E-state index contributed by atoms with van der Waals surface area (Å²) in [5.74, 6) is 0.957. The van der Waals surface area contributed by atoms with Gasteiger partial charge in [0.1, 0.15) is 0 Å². The Hall–Kier alpha value is -2.96. The van der Waals surface area contributed by atoms with Crippen molar-refractivity contribution in [3.05, 3.63) is 78.0 Å². The molecule has 0 bridgehead atoms. The van der Waals surface area contributed by atoms with Gasteiger partial charge in [0.05, 0.1) is 30.8 Å². The van der Waals surface area contributed by atoms with Gasteiger partial charge in [0.25, 0.3) is 0 Å². The molecule has 1 aromatic heterocycles. The number of para-hydroxylation sites is 1. The van der Waals surface area contributed by atoms with Crippen LogP contribution in [0.15, 0.2) is 71.9 Å². The Morgan fingerprint density at radius 1 is 1.09 bits per heavy atom. The van der Waals surface area contributed by atoms with Crippen molar-refractivity contribution in [3.63, 3.8) is 0 Å². The molecular formula is C26H31N5O. The normalized spacial score (nSPS) is 21.7. The van der Waals surface area contributed by atoms with E-state index in [-0.39, 0.29) is 6.10 Å². The van der Waals surface area contributed by atoms with Crippen LogP contribution < -0.4 is 5.32 Å². The molecule has 6 nitrogen and oxygen atoms in total. The molecule has 3 heterocycles. The van der Waals surface area contributed by atoms with Gasteiger partial charge in [-0.1, -0.05) is 54.6 Å². The summed E-state index contributed by atoms with van der Waals surface area (Å²) >= 11 is 0. The zero-order valence-corrected chi connectivity index (χ0v) is 18.7. The minimum absolute atomic E-state index is 0.218. The Labute approximate surface area is 189 Å². The van der Waals surface area contributed by atoms with E-state index >= 15 is 0 Å². The van der Waals surface area contributed by atoms with Crippen molar-refractivity contribution in [1.29, 1.82) is 0 Å². The number of fused-ring (bicyclic) bond motifs is 2. The quantitative estimate of drug-likeness (QED) is 0.498. The van der Waals surface area contributed by atoms with Crippen LogP contribution in [0.25, 0.3) is 10.9 Å². The number of morpholine rings is 1. The number of guanidine groups is 1. The average Bonchev–Trinajstić information content (AvgIpc) is 3.28. The van der Waals surface area contributed by atoms with Crippen molar-refractivity contribution < 1.29 is 4.74 Å². The maximum atomic E-state index is 6.17. The van der Waals surface area contributed by atoms with Crippen molar-refractivity contribution in [2.24, 2.45) is 4.99 Å². The molecule has 2 aliphatic heterocycles. The average molecular weight is 430 g/mol. The molecule has 2 fully saturated rings. The zero-order valence-electron chi connectivity index (χ0n) is 18.7. The lowest BCUT2D eigenvalue weighted by Gasteiger charge is -2.36. The van der Waals surface area contributed by atoms with E-state index in [0.29, 0.717) is 12.6 Å². The molecule has 5 rings (SSSR count). The van der Waals surface area contributed by atoms with E-state index in [4.69, 9.17) is 9.73 Å². The molecule has 2 unspecified atom stereocenters. The van der Waals surface area contributed by atoms with Crippen LogP contribution in [-0.4, -0.2) is 65.7 Å². The van der Waals surface area contributed by atoms with Crippen LogP contribution in [-0.2, 0) is 17.8 Å². The predicted molar refractivity (Wildman–Crippen MR) is 129 cm³/mol. The third kappa shape index (κ3) is 4.47. The van der Waals surface area contributed by atoms with E-state index < -0.39 is 0 Å². The molecule has 0 saturated carbocycles. The van der Waals surface area contributed by atoms with E-state index in [1.807, 2.05) is 12.3 Å². The zero-order chi connectivity index (χ0) is 21.8. The molecule has 0 spiro atoms. The third-order valence-electron chi connectivity index (χ3n) is 6.39. The van der Waals surface area contributed by atoms with Crippen molar-refractivity contribution in [2.45, 2.75) is 32.2 Å². The van der Waals surface area contributed by atoms with Crippen LogP contribution in [0.2, 0.25) is 0 Å². The molecule has 1 N–H and O–H groups in total. The highest BCUT2D eigenvalue weighted by atomic mass is 16.5. The Kier molecular flexibility index (Phi) is 6.32. The Morgan fingerprint density at radius 3 is 2.84 bits per heavy atom. The van der Waals surface area contributed by atoms with E-state index in [1.165, 1.54) is 5.56 Å². The second-order valence-corrected chi connectivity index (χ2v) is 8.50. The summed E-state index contributed by atoms with van der Waals surface area (Å²) in [6, 6.07) is 21.5. The first-order valence-corrected chi connectivity index (χ1v) is 11.6. The van der Waals surface area contributed by atoms with Crippen molar-refractivity contribution >= 4 is 16.9 Å². The van der Waals surface area contributed by atoms with E-state index in [9.17, 15) is 0 Å². The summed E-state index contributed by atoms with van der Waals surface area (Å²) in [5, 5.41) is 4.65. The highest BCUT2D eigenvalue weighted by Gasteiger charge is 2.41. The fraction of sp³-hybridized carbons (Fsp3) is 0.385. The third-order valence-corrected chi connectivity index (χ3v) is 6.39. The lowest BCUT2D eigenvalue weighted by atomic mass is 10.1. The Balaban J connectivity index is 1.33. The number of rotatable bonds is 5. The Bertz CT molecular complexity index is 1060. The first-order valence-electron chi connectivity index (χ1n) is 11.6. The summed E-state index contributed by atoms with van der Waals surface area (Å²) in [4.78, 5) is 14.5. The molecule has 0 amide bonds. The maximum Gasteiger partial charge on any atom is 0.194 e. The number of hydrogen-bond donors (Lipinski definition) is 1. The number of aliphatic imine (C=N–C) groups is 1. The summed E-state index contributed by atoms with van der Waals surface area (Å²) in [6.45, 7) is 8.10. The van der Waals surface area contributed by atoms with Crippen LogP contribution in [0.3, 0.4) is 0 Å². The van der Waals surface area contributed by atoms with Gasteiger partial charge in [-0.15, -0.1) is 0 Å². The molecule has 2 aliphatic rings. The molecule has 2 saturated heterocycles. The molecule has 2 aromatic carbocycles. The van der Waals surface area contributed by atoms with Crippen molar-refractivity contribution in [2.75, 3.05) is 32.8 Å². The summed E-state index contributed by atoms with van der Waals surface area (Å²) < 4.78 is 6.17. The minimum atomic E-state index is 0.218. The monoisotopic (exact) mass is 429 g/mol. The van der Waals surface area contributed by atoms with Gasteiger partial charge in [0.15, 0.2) is 5.96 Å². The molecule has 3 aromatic rings. The largest absolute Gasteiger partial charge is 0.373 e. The fourth-order valence-electron chi connectivity index (χ4n) is 4.83. The first-order chi connectivity index (χ1) is 15.8. The summed E-state index contributed by atoms with van der Waals surface area (Å²) in [5.41, 5.74) is 3.54. The smallest absolute Gasteiger partial charge is 0.194 e. The molecule has 0 radical (unpaired) electrons. The van der Waals surface area contributed by atoms with Crippen molar-refractivity contribution in [1.82, 2.24) is 20.1 Å². The number of nitrogens with one attached hydrogen (secondary N) is 1. The van der Waals surface area contributed by atoms with Crippen LogP contribution >= 0.6 is 0 Å². The molecule has 32 heavy (non-hydrogen) atoms. The van der Waals surface area contributed by atoms with Crippen LogP contribution in [0.1, 0.15) is 18.1 Å². The lowest BCUT2D eigenvalue weighted by molar-refractivity contribution is -0.0502. The van der Waals surface area contributed by atoms with Gasteiger partial charge in [0.2, 0.25) is 0 Å². The standard InChI is InChI=1S/C26H31N5O/c1-2-27-26(29-16-22-11-6-10-21-12-7-13-28-25(21)22)31-18-23-24(19-31)32-15-14-30(23)17-20-8-4-3-5-9-20/h3-13,23-24H,2,14-19H2,1H3,(H,27,29). The second kappa shape index (κ2) is 9.67. The highest BCUT2D eigenvalue weighted by molar-refractivity contribution is 5.83. The van der Waals surface area contributed by atoms with E-state index in [0.717, 1.165) is 61.8 Å². The molecule has 0 aliphatic carbocycles. The van der Waals surface area contributed by atoms with Gasteiger partial charge in [-0.05, 0) is 24.1 Å². The lowest BCUT2D eigenvalue weighted by Crippen LogP contribution is -2.50. The SMILES string of the molecule is CCNC(=NCc1cccc2cccnc12)N1CC2OCCN(Cc3ccccc3)C2C1. The first kappa shape index (κ1) is 20.9. The van der Waals surface area contributed by atoms with Gasteiger partial charge in [-0.2, -0.15) is 0 Å². The van der Waals surface area contributed by atoms with Crippen molar-refractivity contribution in [3.8, 4) is 0 Å². The number of hydrogen-bond acceptors (Lipinski definition) is 4. The maximum absolute atomic E-state index is 6.17. The number of nitrogens with zero attached hydrogens (tertiary/aromatic N) is 4. The topological polar surface area (TPSA) is 53.0 Å². The number of pyridine rings is 1. The van der Waals surface area contributed by atoms with E-state index in [2.05, 4.69) is 81.6 Å². The molecule has 2 atom stereocenters. The fourth-order valence-corrected chi connectivity index (χ4v) is 4.83. The van der Waals surface area contributed by atoms with Gasteiger partial charge in [-0.3, -0.25) is 9.88 Å². The molecular weight excluding hydrogens is 398 g/mol. The number of ether oxygens (including phenoxy) is 1. The van der Waals surface area contributed by atoms with Gasteiger partial charge in [0, 0.05) is 44.3 Å². The van der Waals surface area contributed by atoms with Crippen LogP contribution in [0, 0.1) is 0 Å². The highest BCUT2D eigenvalue weighted by Crippen LogP contribution is 2.25. The summed E-state index contributed by atoms with van der Waals surface area (Å²) in [6.07, 6.45) is 2.07. The predicted octanol–water partition coefficient (Wildman–Crippen LogP) is 3.29. The van der Waals surface area contributed by atoms with E-state index in [1.54, 1.807) is 0 Å². The van der Waals surface area contributed by atoms with Crippen LogP contribution in [0.4, 0.5) is 0 Å². The number of aromatic nitrogens is 1. The van der Waals surface area contributed by atoms with Gasteiger partial charge >= 0.3 is 0 Å². The number of likely N-dealkylation sites (tertiary alicyclic amines) is 1. The van der Waals surface area contributed by atoms with Gasteiger partial charge in [-0.25, -0.2) is 4.99 Å².